The van der Waals surface area contributed by atoms with Crippen LogP contribution in [0.4, 0.5) is 0 Å². The number of carbonyl (C=O) groups excluding carboxylic acids is 2. The Labute approximate surface area is 178 Å². The molecule has 0 saturated heterocycles. The molecule has 1 unspecified atom stereocenters. The van der Waals surface area contributed by atoms with Crippen molar-refractivity contribution >= 4 is 34.3 Å². The minimum Gasteiger partial charge on any atom is -0.503 e. The zero-order chi connectivity index (χ0) is 21.4. The number of aliphatic hydroxyl groups excluding tert-OH is 1. The number of carbonyl (C=O) groups is 2. The molecule has 6 nitrogen and oxygen atoms in total. The Morgan fingerprint density at radius 3 is 2.73 bits per heavy atom. The number of amides is 1. The molecule has 0 bridgehead atoms. The molecule has 1 aliphatic heterocycles. The third kappa shape index (κ3) is 3.23. The maximum Gasteiger partial charge on any atom is 0.290 e. The first kappa shape index (κ1) is 20.0. The minimum atomic E-state index is -0.780. The highest BCUT2D eigenvalue weighted by Crippen LogP contribution is 2.42. The van der Waals surface area contributed by atoms with Gasteiger partial charge in [0.25, 0.3) is 5.91 Å². The van der Waals surface area contributed by atoms with Gasteiger partial charge in [0.05, 0.1) is 18.7 Å². The molecule has 0 saturated carbocycles. The Balaban J connectivity index is 1.85. The SMILES string of the molecule is CCCN1C(=O)C(O)=C(C(=O)c2cc3cc(Cl)ccc3o2)C1c1ccccc1OC. The number of methoxy groups -OCH3 is 1. The van der Waals surface area contributed by atoms with Crippen LogP contribution in [0, 0.1) is 0 Å². The van der Waals surface area contributed by atoms with Crippen molar-refractivity contribution in [1.29, 1.82) is 0 Å². The zero-order valence-corrected chi connectivity index (χ0v) is 17.3. The van der Waals surface area contributed by atoms with Gasteiger partial charge in [-0.25, -0.2) is 0 Å². The van der Waals surface area contributed by atoms with Crippen LogP contribution in [0.3, 0.4) is 0 Å². The van der Waals surface area contributed by atoms with Gasteiger partial charge in [0.1, 0.15) is 11.3 Å². The molecular formula is C23H20ClNO5. The van der Waals surface area contributed by atoms with Crippen molar-refractivity contribution in [2.24, 2.45) is 0 Å². The number of halogens is 1. The largest absolute Gasteiger partial charge is 0.503 e. The highest BCUT2D eigenvalue weighted by molar-refractivity contribution is 6.31. The molecule has 1 aliphatic rings. The van der Waals surface area contributed by atoms with Crippen LogP contribution < -0.4 is 4.74 Å². The Hall–Kier alpha value is -3.25. The Kier molecular flexibility index (Phi) is 5.26. The number of benzene rings is 2. The molecule has 0 spiro atoms. The molecular weight excluding hydrogens is 406 g/mol. The van der Waals surface area contributed by atoms with Crippen molar-refractivity contribution in [3.63, 3.8) is 0 Å². The molecule has 0 fully saturated rings. The molecule has 0 radical (unpaired) electrons. The summed E-state index contributed by atoms with van der Waals surface area (Å²) in [5.74, 6) is -1.16. The van der Waals surface area contributed by atoms with E-state index in [1.54, 1.807) is 48.5 Å². The molecule has 0 aliphatic carbocycles. The molecule has 1 amide bonds. The second kappa shape index (κ2) is 7.88. The van der Waals surface area contributed by atoms with Crippen molar-refractivity contribution in [2.75, 3.05) is 13.7 Å². The van der Waals surface area contributed by atoms with Gasteiger partial charge < -0.3 is 19.2 Å². The lowest BCUT2D eigenvalue weighted by atomic mass is 9.94. The molecule has 4 rings (SSSR count). The van der Waals surface area contributed by atoms with Gasteiger partial charge in [0, 0.05) is 22.5 Å². The average Bonchev–Trinajstić information content (AvgIpc) is 3.27. The van der Waals surface area contributed by atoms with Crippen LogP contribution in [0.5, 0.6) is 5.75 Å². The summed E-state index contributed by atoms with van der Waals surface area (Å²) >= 11 is 6.03. The molecule has 7 heteroatoms. The summed E-state index contributed by atoms with van der Waals surface area (Å²) in [5, 5.41) is 11.8. The smallest absolute Gasteiger partial charge is 0.290 e. The molecule has 2 heterocycles. The van der Waals surface area contributed by atoms with E-state index in [2.05, 4.69) is 0 Å². The summed E-state index contributed by atoms with van der Waals surface area (Å²) in [7, 11) is 1.52. The first-order valence-corrected chi connectivity index (χ1v) is 9.94. The average molecular weight is 426 g/mol. The van der Waals surface area contributed by atoms with Gasteiger partial charge in [0.15, 0.2) is 11.5 Å². The van der Waals surface area contributed by atoms with Crippen LogP contribution in [-0.2, 0) is 4.79 Å². The second-order valence-corrected chi connectivity index (χ2v) is 7.46. The molecule has 1 atom stereocenters. The summed E-state index contributed by atoms with van der Waals surface area (Å²) in [6.45, 7) is 2.30. The van der Waals surface area contributed by atoms with E-state index in [9.17, 15) is 14.7 Å². The van der Waals surface area contributed by atoms with Gasteiger partial charge in [-0.3, -0.25) is 9.59 Å². The van der Waals surface area contributed by atoms with Crippen LogP contribution in [0.2, 0.25) is 5.02 Å². The molecule has 1 aromatic heterocycles. The summed E-state index contributed by atoms with van der Waals surface area (Å²) in [6.07, 6.45) is 0.662. The van der Waals surface area contributed by atoms with Gasteiger partial charge in [-0.1, -0.05) is 36.7 Å². The number of furan rings is 1. The van der Waals surface area contributed by atoms with Crippen molar-refractivity contribution < 1.29 is 23.8 Å². The first-order valence-electron chi connectivity index (χ1n) is 9.57. The molecule has 2 aromatic carbocycles. The van der Waals surface area contributed by atoms with E-state index in [0.717, 1.165) is 0 Å². The quantitative estimate of drug-likeness (QED) is 0.557. The standard InChI is InChI=1S/C23H20ClNO5/c1-3-10-25-20(15-6-4-5-7-17(15)29-2)19(22(27)23(25)28)21(26)18-12-13-11-14(24)8-9-16(13)30-18/h4-9,11-12,20,27H,3,10H2,1-2H3. The fourth-order valence-corrected chi connectivity index (χ4v) is 4.01. The zero-order valence-electron chi connectivity index (χ0n) is 16.5. The minimum absolute atomic E-state index is 0.0249. The maximum atomic E-state index is 13.4. The number of para-hydroxylation sites is 1. The molecule has 30 heavy (non-hydrogen) atoms. The summed E-state index contributed by atoms with van der Waals surface area (Å²) in [6, 6.07) is 12.9. The van der Waals surface area contributed by atoms with Gasteiger partial charge in [-0.05, 0) is 36.8 Å². The lowest BCUT2D eigenvalue weighted by Gasteiger charge is -2.27. The molecule has 1 N–H and O–H groups in total. The predicted octanol–water partition coefficient (Wildman–Crippen LogP) is 5.08. The number of fused-ring (bicyclic) bond motifs is 1. The maximum absolute atomic E-state index is 13.4. The molecule has 154 valence electrons. The van der Waals surface area contributed by atoms with Crippen molar-refractivity contribution in [2.45, 2.75) is 19.4 Å². The Morgan fingerprint density at radius 1 is 1.23 bits per heavy atom. The number of hydrogen-bond acceptors (Lipinski definition) is 5. The summed E-state index contributed by atoms with van der Waals surface area (Å²) in [4.78, 5) is 27.7. The first-order chi connectivity index (χ1) is 14.5. The number of nitrogens with zero attached hydrogens (tertiary/aromatic N) is 1. The van der Waals surface area contributed by atoms with Crippen LogP contribution in [0.15, 0.2) is 64.3 Å². The third-order valence-electron chi connectivity index (χ3n) is 5.15. The normalized spacial score (nSPS) is 16.6. The fraction of sp³-hybridized carbons (Fsp3) is 0.217. The number of ketones is 1. The van der Waals surface area contributed by atoms with Gasteiger partial charge in [-0.15, -0.1) is 0 Å². The number of hydrogen-bond donors (Lipinski definition) is 1. The number of rotatable bonds is 6. The highest BCUT2D eigenvalue weighted by Gasteiger charge is 2.45. The lowest BCUT2D eigenvalue weighted by Crippen LogP contribution is -2.32. The van der Waals surface area contributed by atoms with E-state index in [-0.39, 0.29) is 11.3 Å². The fourth-order valence-electron chi connectivity index (χ4n) is 3.83. The lowest BCUT2D eigenvalue weighted by molar-refractivity contribution is -0.129. The van der Waals surface area contributed by atoms with Gasteiger partial charge >= 0.3 is 0 Å². The monoisotopic (exact) mass is 425 g/mol. The number of ether oxygens (including phenoxy) is 1. The Morgan fingerprint density at radius 2 is 2.00 bits per heavy atom. The van der Waals surface area contributed by atoms with Crippen LogP contribution >= 0.6 is 11.6 Å². The summed E-state index contributed by atoms with van der Waals surface area (Å²) < 4.78 is 11.2. The van der Waals surface area contributed by atoms with E-state index >= 15 is 0 Å². The topological polar surface area (TPSA) is 80.0 Å². The molecule has 3 aromatic rings. The van der Waals surface area contributed by atoms with E-state index in [0.29, 0.717) is 40.3 Å². The van der Waals surface area contributed by atoms with E-state index in [1.807, 2.05) is 6.92 Å². The number of Topliss-reactive ketones (excluding diaryl/α,β-unsaturated/α-hetero) is 1. The van der Waals surface area contributed by atoms with Gasteiger partial charge in [-0.2, -0.15) is 0 Å². The van der Waals surface area contributed by atoms with Crippen LogP contribution in [0.1, 0.15) is 35.5 Å². The van der Waals surface area contributed by atoms with E-state index in [4.69, 9.17) is 20.8 Å². The highest BCUT2D eigenvalue weighted by atomic mass is 35.5. The summed E-state index contributed by atoms with van der Waals surface area (Å²) in [5.41, 5.74) is 1.09. The van der Waals surface area contributed by atoms with Gasteiger partial charge in [0.2, 0.25) is 5.78 Å². The van der Waals surface area contributed by atoms with Crippen LogP contribution in [-0.4, -0.2) is 35.4 Å². The Bertz CT molecular complexity index is 1180. The van der Waals surface area contributed by atoms with Crippen molar-refractivity contribution in [3.05, 3.63) is 76.2 Å². The number of aliphatic hydroxyl groups is 1. The third-order valence-corrected chi connectivity index (χ3v) is 5.38. The predicted molar refractivity (Wildman–Crippen MR) is 113 cm³/mol. The van der Waals surface area contributed by atoms with E-state index in [1.165, 1.54) is 12.0 Å². The van der Waals surface area contributed by atoms with Crippen LogP contribution in [0.25, 0.3) is 11.0 Å². The second-order valence-electron chi connectivity index (χ2n) is 7.03. The van der Waals surface area contributed by atoms with Crippen molar-refractivity contribution in [3.8, 4) is 5.75 Å². The van der Waals surface area contributed by atoms with Crippen molar-refractivity contribution in [1.82, 2.24) is 4.90 Å². The van der Waals surface area contributed by atoms with E-state index < -0.39 is 23.5 Å².